The summed E-state index contributed by atoms with van der Waals surface area (Å²) in [6.45, 7) is 0. The summed E-state index contributed by atoms with van der Waals surface area (Å²) in [5, 5.41) is 10.1. The fourth-order valence-corrected chi connectivity index (χ4v) is 2.27. The second-order valence-corrected chi connectivity index (χ2v) is 4.91. The van der Waals surface area contributed by atoms with Crippen molar-refractivity contribution in [3.05, 3.63) is 70.2 Å². The standard InChI is InChI=1S/C15H13BrO2/c16-13-9-5-4-8-12(13)15(18)14(17)10-11-6-2-1-3-7-11/h1-9,15,18H,10H2. The highest BCUT2D eigenvalue weighted by Crippen LogP contribution is 2.24. The molecule has 0 saturated carbocycles. The largest absolute Gasteiger partial charge is 0.380 e. The zero-order chi connectivity index (χ0) is 13.0. The molecule has 0 spiro atoms. The number of hydrogen-bond donors (Lipinski definition) is 1. The Kier molecular flexibility index (Phi) is 4.28. The van der Waals surface area contributed by atoms with Gasteiger partial charge in [-0.1, -0.05) is 64.5 Å². The first kappa shape index (κ1) is 13.0. The van der Waals surface area contributed by atoms with Crippen LogP contribution in [0.15, 0.2) is 59.1 Å². The maximum Gasteiger partial charge on any atom is 0.170 e. The van der Waals surface area contributed by atoms with Gasteiger partial charge in [-0.05, 0) is 11.6 Å². The van der Waals surface area contributed by atoms with E-state index >= 15 is 0 Å². The van der Waals surface area contributed by atoms with Gasteiger partial charge in [-0.15, -0.1) is 0 Å². The second-order valence-electron chi connectivity index (χ2n) is 4.05. The third-order valence-electron chi connectivity index (χ3n) is 2.73. The van der Waals surface area contributed by atoms with Crippen LogP contribution in [-0.2, 0) is 11.2 Å². The minimum atomic E-state index is -1.08. The molecule has 92 valence electrons. The molecule has 0 amide bonds. The Labute approximate surface area is 114 Å². The topological polar surface area (TPSA) is 37.3 Å². The Morgan fingerprint density at radius 1 is 1.06 bits per heavy atom. The number of hydrogen-bond acceptors (Lipinski definition) is 2. The Hall–Kier alpha value is -1.45. The lowest BCUT2D eigenvalue weighted by Gasteiger charge is -2.11. The molecule has 0 aliphatic heterocycles. The van der Waals surface area contributed by atoms with E-state index in [0.29, 0.717) is 5.56 Å². The molecule has 0 heterocycles. The number of aliphatic hydroxyl groups excluding tert-OH is 1. The Balaban J connectivity index is 2.13. The molecule has 0 bridgehead atoms. The van der Waals surface area contributed by atoms with E-state index < -0.39 is 6.10 Å². The molecular formula is C15H13BrO2. The van der Waals surface area contributed by atoms with Gasteiger partial charge in [-0.3, -0.25) is 4.79 Å². The van der Waals surface area contributed by atoms with E-state index in [0.717, 1.165) is 10.0 Å². The highest BCUT2D eigenvalue weighted by molar-refractivity contribution is 9.10. The SMILES string of the molecule is O=C(Cc1ccccc1)C(O)c1ccccc1Br. The van der Waals surface area contributed by atoms with Gasteiger partial charge in [0.2, 0.25) is 0 Å². The summed E-state index contributed by atoms with van der Waals surface area (Å²) in [6, 6.07) is 16.6. The van der Waals surface area contributed by atoms with Crippen LogP contribution in [0.2, 0.25) is 0 Å². The van der Waals surface area contributed by atoms with Crippen molar-refractivity contribution in [2.24, 2.45) is 0 Å². The lowest BCUT2D eigenvalue weighted by molar-refractivity contribution is -0.126. The van der Waals surface area contributed by atoms with Crippen molar-refractivity contribution in [1.82, 2.24) is 0 Å². The molecule has 0 aliphatic carbocycles. The number of aliphatic hydroxyl groups is 1. The number of Topliss-reactive ketones (excluding diaryl/α,β-unsaturated/α-hetero) is 1. The van der Waals surface area contributed by atoms with Crippen molar-refractivity contribution in [2.75, 3.05) is 0 Å². The van der Waals surface area contributed by atoms with E-state index in [1.165, 1.54) is 0 Å². The van der Waals surface area contributed by atoms with Gasteiger partial charge in [0.15, 0.2) is 5.78 Å². The lowest BCUT2D eigenvalue weighted by atomic mass is 10.0. The normalized spacial score (nSPS) is 12.1. The maximum absolute atomic E-state index is 12.0. The lowest BCUT2D eigenvalue weighted by Crippen LogP contribution is -2.14. The molecule has 3 heteroatoms. The summed E-state index contributed by atoms with van der Waals surface area (Å²) >= 11 is 3.34. The summed E-state index contributed by atoms with van der Waals surface area (Å²) in [6.07, 6.45) is -0.843. The predicted molar refractivity (Wildman–Crippen MR) is 74.3 cm³/mol. The molecular weight excluding hydrogens is 292 g/mol. The fourth-order valence-electron chi connectivity index (χ4n) is 1.76. The van der Waals surface area contributed by atoms with Crippen molar-refractivity contribution < 1.29 is 9.90 Å². The Morgan fingerprint density at radius 3 is 2.33 bits per heavy atom. The molecule has 1 atom stereocenters. The molecule has 0 aliphatic rings. The maximum atomic E-state index is 12.0. The molecule has 2 rings (SSSR count). The number of rotatable bonds is 4. The molecule has 2 nitrogen and oxygen atoms in total. The summed E-state index contributed by atoms with van der Waals surface area (Å²) in [7, 11) is 0. The molecule has 18 heavy (non-hydrogen) atoms. The van der Waals surface area contributed by atoms with Gasteiger partial charge in [-0.2, -0.15) is 0 Å². The summed E-state index contributed by atoms with van der Waals surface area (Å²) in [5.41, 5.74) is 1.52. The summed E-state index contributed by atoms with van der Waals surface area (Å²) in [4.78, 5) is 12.0. The van der Waals surface area contributed by atoms with Gasteiger partial charge in [-0.25, -0.2) is 0 Å². The highest BCUT2D eigenvalue weighted by Gasteiger charge is 2.19. The fraction of sp³-hybridized carbons (Fsp3) is 0.133. The van der Waals surface area contributed by atoms with Crippen LogP contribution in [0.3, 0.4) is 0 Å². The number of benzene rings is 2. The molecule has 0 radical (unpaired) electrons. The number of ketones is 1. The van der Waals surface area contributed by atoms with Crippen molar-refractivity contribution in [2.45, 2.75) is 12.5 Å². The van der Waals surface area contributed by atoms with Crippen LogP contribution in [0.5, 0.6) is 0 Å². The first-order chi connectivity index (χ1) is 8.68. The van der Waals surface area contributed by atoms with E-state index in [9.17, 15) is 9.90 Å². The monoisotopic (exact) mass is 304 g/mol. The number of halogens is 1. The van der Waals surface area contributed by atoms with Crippen LogP contribution in [0.4, 0.5) is 0 Å². The quantitative estimate of drug-likeness (QED) is 0.941. The van der Waals surface area contributed by atoms with Crippen LogP contribution in [0, 0.1) is 0 Å². The van der Waals surface area contributed by atoms with E-state index in [1.54, 1.807) is 12.1 Å². The van der Waals surface area contributed by atoms with Crippen molar-refractivity contribution in [1.29, 1.82) is 0 Å². The molecule has 1 unspecified atom stereocenters. The third-order valence-corrected chi connectivity index (χ3v) is 3.45. The van der Waals surface area contributed by atoms with Crippen molar-refractivity contribution in [3.8, 4) is 0 Å². The third kappa shape index (κ3) is 3.06. The molecule has 0 saturated heterocycles. The van der Waals surface area contributed by atoms with Crippen molar-refractivity contribution in [3.63, 3.8) is 0 Å². The summed E-state index contributed by atoms with van der Waals surface area (Å²) < 4.78 is 0.749. The van der Waals surface area contributed by atoms with E-state index in [-0.39, 0.29) is 12.2 Å². The molecule has 0 fully saturated rings. The smallest absolute Gasteiger partial charge is 0.170 e. The van der Waals surface area contributed by atoms with Gasteiger partial charge in [0.1, 0.15) is 6.10 Å². The molecule has 2 aromatic carbocycles. The van der Waals surface area contributed by atoms with Gasteiger partial charge < -0.3 is 5.11 Å². The Morgan fingerprint density at radius 2 is 1.67 bits per heavy atom. The van der Waals surface area contributed by atoms with Crippen molar-refractivity contribution >= 4 is 21.7 Å². The van der Waals surface area contributed by atoms with Crippen LogP contribution in [0.1, 0.15) is 17.2 Å². The van der Waals surface area contributed by atoms with E-state index in [4.69, 9.17) is 0 Å². The number of carbonyl (C=O) groups is 1. The molecule has 1 N–H and O–H groups in total. The van der Waals surface area contributed by atoms with E-state index in [1.807, 2.05) is 42.5 Å². The average Bonchev–Trinajstić information content (AvgIpc) is 2.39. The van der Waals surface area contributed by atoms with Gasteiger partial charge >= 0.3 is 0 Å². The second kappa shape index (κ2) is 5.94. The first-order valence-electron chi connectivity index (χ1n) is 5.67. The molecule has 2 aromatic rings. The first-order valence-corrected chi connectivity index (χ1v) is 6.47. The highest BCUT2D eigenvalue weighted by atomic mass is 79.9. The predicted octanol–water partition coefficient (Wildman–Crippen LogP) is 3.29. The van der Waals surface area contributed by atoms with Crippen LogP contribution < -0.4 is 0 Å². The summed E-state index contributed by atoms with van der Waals surface area (Å²) in [5.74, 6) is -0.201. The van der Waals surface area contributed by atoms with Gasteiger partial charge in [0.05, 0.1) is 0 Å². The van der Waals surface area contributed by atoms with Crippen LogP contribution in [0.25, 0.3) is 0 Å². The zero-order valence-electron chi connectivity index (χ0n) is 9.71. The minimum absolute atomic E-state index is 0.201. The Bertz CT molecular complexity index is 537. The van der Waals surface area contributed by atoms with Crippen LogP contribution in [-0.4, -0.2) is 10.9 Å². The molecule has 0 aromatic heterocycles. The average molecular weight is 305 g/mol. The zero-order valence-corrected chi connectivity index (χ0v) is 11.3. The van der Waals surface area contributed by atoms with Gasteiger partial charge in [0, 0.05) is 16.5 Å². The number of carbonyl (C=O) groups excluding carboxylic acids is 1. The van der Waals surface area contributed by atoms with Gasteiger partial charge in [0.25, 0.3) is 0 Å². The minimum Gasteiger partial charge on any atom is -0.380 e. The van der Waals surface area contributed by atoms with E-state index in [2.05, 4.69) is 15.9 Å². The van der Waals surface area contributed by atoms with Crippen LogP contribution >= 0.6 is 15.9 Å².